The van der Waals surface area contributed by atoms with Crippen LogP contribution in [0.3, 0.4) is 0 Å². The molecule has 2 aromatic rings. The van der Waals surface area contributed by atoms with Gasteiger partial charge < -0.3 is 14.4 Å². The molecule has 3 heterocycles. The third-order valence-electron chi connectivity index (χ3n) is 4.06. The summed E-state index contributed by atoms with van der Waals surface area (Å²) in [6, 6.07) is 1.83. The molecule has 0 bridgehead atoms. The molecule has 3 rings (SSSR count). The smallest absolute Gasteiger partial charge is 0.289 e. The average Bonchev–Trinajstić information content (AvgIpc) is 3.18. The molecule has 1 N–H and O–H groups in total. The van der Waals surface area contributed by atoms with Gasteiger partial charge in [-0.3, -0.25) is 4.79 Å². The number of rotatable bonds is 4. The summed E-state index contributed by atoms with van der Waals surface area (Å²) in [6.45, 7) is 5.14. The minimum Gasteiger partial charge on any atom is -0.459 e. The molecule has 2 aromatic heterocycles. The fraction of sp³-hybridized carbons (Fsp3) is 0.533. The lowest BCUT2D eigenvalue weighted by molar-refractivity contribution is 0.0261. The number of amides is 1. The first-order valence-corrected chi connectivity index (χ1v) is 7.42. The second-order valence-electron chi connectivity index (χ2n) is 6.16. The Bertz CT molecular complexity index is 650. The van der Waals surface area contributed by atoms with Crippen molar-refractivity contribution in [1.29, 1.82) is 0 Å². The van der Waals surface area contributed by atoms with Crippen LogP contribution in [0.4, 0.5) is 0 Å². The molecule has 1 amide bonds. The van der Waals surface area contributed by atoms with Gasteiger partial charge in [-0.15, -0.1) is 5.10 Å². The largest absolute Gasteiger partial charge is 0.459 e. The monoisotopic (exact) mass is 304 g/mol. The Balaban J connectivity index is 1.72. The Morgan fingerprint density at radius 2 is 2.36 bits per heavy atom. The van der Waals surface area contributed by atoms with E-state index in [-0.39, 0.29) is 18.4 Å². The Morgan fingerprint density at radius 1 is 1.55 bits per heavy atom. The number of aliphatic hydroxyl groups is 1. The minimum atomic E-state index is -0.978. The van der Waals surface area contributed by atoms with E-state index in [1.165, 1.54) is 0 Å². The summed E-state index contributed by atoms with van der Waals surface area (Å²) < 4.78 is 6.96. The summed E-state index contributed by atoms with van der Waals surface area (Å²) in [5.41, 5.74) is -0.0785. The molecule has 1 atom stereocenters. The van der Waals surface area contributed by atoms with Crippen LogP contribution < -0.4 is 0 Å². The number of carbonyl (C=O) groups is 1. The molecule has 1 unspecified atom stereocenters. The Hall–Kier alpha value is -2.15. The van der Waals surface area contributed by atoms with Crippen LogP contribution in [-0.2, 0) is 6.54 Å². The van der Waals surface area contributed by atoms with Crippen molar-refractivity contribution >= 4 is 5.91 Å². The highest BCUT2D eigenvalue weighted by molar-refractivity contribution is 5.93. The van der Waals surface area contributed by atoms with Gasteiger partial charge in [0.05, 0.1) is 25.5 Å². The lowest BCUT2D eigenvalue weighted by Crippen LogP contribution is -2.39. The Morgan fingerprint density at radius 3 is 3.05 bits per heavy atom. The first-order chi connectivity index (χ1) is 10.5. The van der Waals surface area contributed by atoms with Gasteiger partial charge >= 0.3 is 0 Å². The van der Waals surface area contributed by atoms with Crippen molar-refractivity contribution in [3.05, 3.63) is 36.0 Å². The van der Waals surface area contributed by atoms with Gasteiger partial charge in [0.15, 0.2) is 5.76 Å². The Kier molecular flexibility index (Phi) is 3.74. The van der Waals surface area contributed by atoms with Crippen molar-refractivity contribution in [2.24, 2.45) is 0 Å². The minimum absolute atomic E-state index is 0.164. The number of likely N-dealkylation sites (tertiary alicyclic amines) is 1. The zero-order chi connectivity index (χ0) is 15.7. The quantitative estimate of drug-likeness (QED) is 0.919. The summed E-state index contributed by atoms with van der Waals surface area (Å²) >= 11 is 0. The summed E-state index contributed by atoms with van der Waals surface area (Å²) in [5, 5.41) is 18.2. The van der Waals surface area contributed by atoms with Gasteiger partial charge in [0.25, 0.3) is 5.91 Å². The lowest BCUT2D eigenvalue weighted by atomic mass is 10.0. The van der Waals surface area contributed by atoms with Gasteiger partial charge in [0, 0.05) is 18.3 Å². The molecule has 0 spiro atoms. The maximum atomic E-state index is 12.6. The molecule has 1 saturated heterocycles. The molecule has 0 aromatic carbocycles. The number of hydrogen-bond donors (Lipinski definition) is 1. The van der Waals surface area contributed by atoms with E-state index in [1.54, 1.807) is 28.2 Å². The van der Waals surface area contributed by atoms with Gasteiger partial charge in [0.1, 0.15) is 5.60 Å². The molecular formula is C15H20N4O3. The number of aromatic nitrogens is 3. The van der Waals surface area contributed by atoms with Crippen molar-refractivity contribution in [2.75, 3.05) is 13.1 Å². The first kappa shape index (κ1) is 14.8. The SMILES string of the molecule is CC(C)c1ccoc1C(=O)N1CCC(O)(Cn2ccnn2)C1. The Labute approximate surface area is 128 Å². The highest BCUT2D eigenvalue weighted by Gasteiger charge is 2.40. The normalized spacial score (nSPS) is 21.7. The molecule has 1 aliphatic heterocycles. The van der Waals surface area contributed by atoms with E-state index in [1.807, 2.05) is 19.9 Å². The molecule has 1 fully saturated rings. The molecule has 7 nitrogen and oxygen atoms in total. The van der Waals surface area contributed by atoms with Gasteiger partial charge in [-0.1, -0.05) is 19.1 Å². The molecule has 0 radical (unpaired) electrons. The second-order valence-corrected chi connectivity index (χ2v) is 6.16. The van der Waals surface area contributed by atoms with Gasteiger partial charge in [-0.05, 0) is 18.4 Å². The van der Waals surface area contributed by atoms with E-state index in [4.69, 9.17) is 4.42 Å². The van der Waals surface area contributed by atoms with Gasteiger partial charge in [0.2, 0.25) is 0 Å². The zero-order valence-corrected chi connectivity index (χ0v) is 12.8. The predicted molar refractivity (Wildman–Crippen MR) is 78.3 cm³/mol. The third kappa shape index (κ3) is 2.76. The van der Waals surface area contributed by atoms with Crippen LogP contribution in [0.15, 0.2) is 29.1 Å². The van der Waals surface area contributed by atoms with Crippen LogP contribution >= 0.6 is 0 Å². The fourth-order valence-corrected chi connectivity index (χ4v) is 2.87. The van der Waals surface area contributed by atoms with E-state index in [9.17, 15) is 9.90 Å². The van der Waals surface area contributed by atoms with Crippen LogP contribution in [0.5, 0.6) is 0 Å². The molecule has 7 heteroatoms. The number of β-amino-alcohol motifs (C(OH)–C–C–N with tert-alkyl or cyclic N) is 1. The molecular weight excluding hydrogens is 284 g/mol. The summed E-state index contributed by atoms with van der Waals surface area (Å²) in [5.74, 6) is 0.428. The lowest BCUT2D eigenvalue weighted by Gasteiger charge is -2.23. The molecule has 0 saturated carbocycles. The standard InChI is InChI=1S/C15H20N4O3/c1-11(2)12-3-8-22-13(12)14(20)18-6-4-15(21,9-18)10-19-7-5-16-17-19/h3,5,7-8,11,21H,4,6,9-10H2,1-2H3. The second kappa shape index (κ2) is 5.57. The van der Waals surface area contributed by atoms with Crippen LogP contribution in [0.25, 0.3) is 0 Å². The van der Waals surface area contributed by atoms with Crippen molar-refractivity contribution in [3.8, 4) is 0 Å². The topological polar surface area (TPSA) is 84.4 Å². The average molecular weight is 304 g/mol. The van der Waals surface area contributed by atoms with E-state index >= 15 is 0 Å². The highest BCUT2D eigenvalue weighted by Crippen LogP contribution is 2.27. The van der Waals surface area contributed by atoms with Gasteiger partial charge in [-0.25, -0.2) is 4.68 Å². The van der Waals surface area contributed by atoms with Crippen LogP contribution in [-0.4, -0.2) is 49.6 Å². The van der Waals surface area contributed by atoms with Crippen LogP contribution in [0.2, 0.25) is 0 Å². The summed E-state index contributed by atoms with van der Waals surface area (Å²) in [6.07, 6.45) is 5.32. The first-order valence-electron chi connectivity index (χ1n) is 7.42. The van der Waals surface area contributed by atoms with Crippen molar-refractivity contribution < 1.29 is 14.3 Å². The molecule has 22 heavy (non-hydrogen) atoms. The summed E-state index contributed by atoms with van der Waals surface area (Å²) in [7, 11) is 0. The third-order valence-corrected chi connectivity index (χ3v) is 4.06. The fourth-order valence-electron chi connectivity index (χ4n) is 2.87. The van der Waals surface area contributed by atoms with Crippen LogP contribution in [0.1, 0.15) is 42.3 Å². The predicted octanol–water partition coefficient (Wildman–Crippen LogP) is 1.27. The molecule has 1 aliphatic rings. The number of nitrogens with zero attached hydrogens (tertiary/aromatic N) is 4. The van der Waals surface area contributed by atoms with Crippen LogP contribution in [0, 0.1) is 0 Å². The van der Waals surface area contributed by atoms with E-state index in [0.717, 1.165) is 5.56 Å². The number of furan rings is 1. The maximum Gasteiger partial charge on any atom is 0.289 e. The number of hydrogen-bond acceptors (Lipinski definition) is 5. The zero-order valence-electron chi connectivity index (χ0n) is 12.8. The van der Waals surface area contributed by atoms with E-state index in [2.05, 4.69) is 10.3 Å². The highest BCUT2D eigenvalue weighted by atomic mass is 16.3. The van der Waals surface area contributed by atoms with Crippen molar-refractivity contribution in [3.63, 3.8) is 0 Å². The van der Waals surface area contributed by atoms with Crippen molar-refractivity contribution in [2.45, 2.75) is 38.3 Å². The maximum absolute atomic E-state index is 12.6. The molecule has 118 valence electrons. The van der Waals surface area contributed by atoms with Gasteiger partial charge in [-0.2, -0.15) is 0 Å². The van der Waals surface area contributed by atoms with Crippen molar-refractivity contribution in [1.82, 2.24) is 19.9 Å². The van der Waals surface area contributed by atoms with E-state index in [0.29, 0.717) is 25.3 Å². The number of carbonyl (C=O) groups excluding carboxylic acids is 1. The van der Waals surface area contributed by atoms with E-state index < -0.39 is 5.60 Å². The summed E-state index contributed by atoms with van der Waals surface area (Å²) in [4.78, 5) is 14.3. The molecule has 0 aliphatic carbocycles.